The molecule has 0 saturated heterocycles. The summed E-state index contributed by atoms with van der Waals surface area (Å²) in [6.45, 7) is 4.38. The van der Waals surface area contributed by atoms with Gasteiger partial charge in [0.1, 0.15) is 5.75 Å². The Kier molecular flexibility index (Phi) is 8.51. The zero-order valence-electron chi connectivity index (χ0n) is 26.4. The van der Waals surface area contributed by atoms with E-state index in [1.807, 2.05) is 24.6 Å². The van der Waals surface area contributed by atoms with Crippen LogP contribution in [0.1, 0.15) is 48.3 Å². The first-order chi connectivity index (χ1) is 22.3. The van der Waals surface area contributed by atoms with Gasteiger partial charge in [-0.1, -0.05) is 32.1 Å². The summed E-state index contributed by atoms with van der Waals surface area (Å²) in [4.78, 5) is 32.4. The Balaban J connectivity index is 1.41. The lowest BCUT2D eigenvalue weighted by Crippen LogP contribution is -2.38. The van der Waals surface area contributed by atoms with Gasteiger partial charge in [0.05, 0.1) is 29.7 Å². The van der Waals surface area contributed by atoms with Gasteiger partial charge >= 0.3 is 0 Å². The van der Waals surface area contributed by atoms with Gasteiger partial charge in [-0.3, -0.25) is 9.59 Å². The van der Waals surface area contributed by atoms with Crippen molar-refractivity contribution in [1.82, 2.24) is 19.5 Å². The fourth-order valence-corrected chi connectivity index (χ4v) is 6.98. The Morgan fingerprint density at radius 1 is 1.21 bits per heavy atom. The van der Waals surface area contributed by atoms with E-state index in [0.29, 0.717) is 69.8 Å². The predicted molar refractivity (Wildman–Crippen MR) is 178 cm³/mol. The summed E-state index contributed by atoms with van der Waals surface area (Å²) in [7, 11) is -2.38. The van der Waals surface area contributed by atoms with E-state index < -0.39 is 27.2 Å². The standard InChI is InChI=1S/C34H36F2N6O4S/c1-19(2)11-27-32(33(37)44)31(24-15-38-42(34(24)39-27)17-20-5-8-23(12-20)40-47(3,4)45)22-7-10-28-29(14-22)46-18-30(43)41(28)16-21-6-9-25(35)26(36)13-21/h6-10,13-15,19-20H,3,5,11-12,16-18H2,1-2,4H3,(H2,37,44)(H,40,45). The zero-order chi connectivity index (χ0) is 33.6. The second-order valence-electron chi connectivity index (χ2n) is 12.7. The molecule has 2 atom stereocenters. The van der Waals surface area contributed by atoms with E-state index >= 15 is 0 Å². The predicted octanol–water partition coefficient (Wildman–Crippen LogP) is 4.74. The number of rotatable bonds is 10. The van der Waals surface area contributed by atoms with Crippen LogP contribution in [0.5, 0.6) is 5.75 Å². The molecule has 2 unspecified atom stereocenters. The Morgan fingerprint density at radius 2 is 2.00 bits per heavy atom. The number of carbonyl (C=O) groups is 2. The second kappa shape index (κ2) is 12.4. The number of carbonyl (C=O) groups excluding carboxylic acids is 2. The molecule has 1 aliphatic carbocycles. The largest absolute Gasteiger partial charge is 0.482 e. The number of benzene rings is 2. The van der Waals surface area contributed by atoms with Gasteiger partial charge in [0.2, 0.25) is 0 Å². The third-order valence-corrected chi connectivity index (χ3v) is 8.90. The van der Waals surface area contributed by atoms with Crippen LogP contribution in [0.4, 0.5) is 14.5 Å². The minimum absolute atomic E-state index is 0.0144. The van der Waals surface area contributed by atoms with Crippen LogP contribution >= 0.6 is 0 Å². The van der Waals surface area contributed by atoms with Gasteiger partial charge in [0.25, 0.3) is 11.8 Å². The number of aromatic nitrogens is 3. The number of hydrogen-bond acceptors (Lipinski definition) is 6. The maximum absolute atomic E-state index is 13.9. The molecule has 2 amide bonds. The lowest BCUT2D eigenvalue weighted by atomic mass is 9.92. The van der Waals surface area contributed by atoms with Crippen LogP contribution in [0, 0.1) is 23.5 Å². The number of anilines is 1. The maximum atomic E-state index is 13.9. The second-order valence-corrected chi connectivity index (χ2v) is 14.9. The molecule has 0 saturated carbocycles. The van der Waals surface area contributed by atoms with Crippen molar-refractivity contribution >= 4 is 44.1 Å². The van der Waals surface area contributed by atoms with E-state index in [-0.39, 0.29) is 30.9 Å². The molecular weight excluding hydrogens is 626 g/mol. The molecule has 13 heteroatoms. The molecule has 246 valence electrons. The summed E-state index contributed by atoms with van der Waals surface area (Å²) < 4.78 is 50.3. The number of ether oxygens (including phenoxy) is 1. The van der Waals surface area contributed by atoms with E-state index in [2.05, 4.69) is 15.7 Å². The monoisotopic (exact) mass is 662 g/mol. The first-order valence-electron chi connectivity index (χ1n) is 15.3. The molecular formula is C34H36F2N6O4S. The number of allylic oxidation sites excluding steroid dienone is 2. The highest BCUT2D eigenvalue weighted by Crippen LogP contribution is 2.41. The highest BCUT2D eigenvalue weighted by Gasteiger charge is 2.29. The first-order valence-corrected chi connectivity index (χ1v) is 17.4. The Labute approximate surface area is 271 Å². The van der Waals surface area contributed by atoms with E-state index in [0.717, 1.165) is 24.3 Å². The lowest BCUT2D eigenvalue weighted by Gasteiger charge is -2.30. The third-order valence-electron chi connectivity index (χ3n) is 8.21. The number of hydrogen-bond donors (Lipinski definition) is 2. The lowest BCUT2D eigenvalue weighted by molar-refractivity contribution is -0.121. The van der Waals surface area contributed by atoms with Gasteiger partial charge in [-0.25, -0.2) is 22.7 Å². The van der Waals surface area contributed by atoms with Crippen molar-refractivity contribution in [3.63, 3.8) is 0 Å². The number of nitrogens with one attached hydrogen (secondary N) is 1. The van der Waals surface area contributed by atoms with Crippen molar-refractivity contribution in [3.8, 4) is 16.9 Å². The molecule has 47 heavy (non-hydrogen) atoms. The number of nitrogens with zero attached hydrogens (tertiary/aromatic N) is 4. The number of halogens is 2. The van der Waals surface area contributed by atoms with Gasteiger partial charge in [-0.15, -0.1) is 0 Å². The quantitative estimate of drug-likeness (QED) is 0.236. The average Bonchev–Trinajstić information content (AvgIpc) is 3.60. The fourth-order valence-electron chi connectivity index (χ4n) is 6.25. The minimum atomic E-state index is -2.38. The molecule has 3 heterocycles. The van der Waals surface area contributed by atoms with E-state index in [4.69, 9.17) is 15.5 Å². The minimum Gasteiger partial charge on any atom is -0.482 e. The van der Waals surface area contributed by atoms with Crippen LogP contribution in [0.2, 0.25) is 0 Å². The van der Waals surface area contributed by atoms with Gasteiger partial charge in [0.15, 0.2) is 23.9 Å². The van der Waals surface area contributed by atoms with Crippen molar-refractivity contribution in [3.05, 3.63) is 82.8 Å². The van der Waals surface area contributed by atoms with Crippen molar-refractivity contribution in [2.75, 3.05) is 17.8 Å². The third kappa shape index (κ3) is 6.71. The van der Waals surface area contributed by atoms with E-state index in [9.17, 15) is 22.6 Å². The first kappa shape index (κ1) is 32.2. The Bertz CT molecular complexity index is 2060. The number of fused-ring (bicyclic) bond motifs is 2. The van der Waals surface area contributed by atoms with Crippen LogP contribution in [-0.2, 0) is 34.0 Å². The smallest absolute Gasteiger partial charge is 0.265 e. The van der Waals surface area contributed by atoms with Gasteiger partial charge in [0, 0.05) is 39.2 Å². The highest BCUT2D eigenvalue weighted by atomic mass is 32.2. The van der Waals surface area contributed by atoms with Gasteiger partial charge < -0.3 is 20.1 Å². The van der Waals surface area contributed by atoms with Gasteiger partial charge in [-0.05, 0) is 72.4 Å². The summed E-state index contributed by atoms with van der Waals surface area (Å²) in [6.07, 6.45) is 7.23. The highest BCUT2D eigenvalue weighted by molar-refractivity contribution is 7.97. The molecule has 0 fully saturated rings. The topological polar surface area (TPSA) is 132 Å². The maximum Gasteiger partial charge on any atom is 0.265 e. The molecule has 3 N–H and O–H groups in total. The number of primary amides is 1. The molecule has 2 aromatic heterocycles. The van der Waals surface area contributed by atoms with Crippen molar-refractivity contribution in [2.24, 2.45) is 17.6 Å². The van der Waals surface area contributed by atoms with Gasteiger partial charge in [-0.2, -0.15) is 5.10 Å². The fraction of sp³-hybridized carbons (Fsp3) is 0.324. The number of pyridine rings is 1. The molecule has 0 bridgehead atoms. The normalized spacial score (nSPS) is 17.4. The number of amides is 2. The Morgan fingerprint density at radius 3 is 2.70 bits per heavy atom. The SMILES string of the molecule is C=S(C)(=O)NC1=CCC(Cn2ncc3c(-c4ccc5c(c4)OCC(=O)N5Cc4ccc(F)c(F)c4)c(C(N)=O)c(CC(C)C)nc32)C1. The van der Waals surface area contributed by atoms with Crippen molar-refractivity contribution in [1.29, 1.82) is 0 Å². The summed E-state index contributed by atoms with van der Waals surface area (Å²) in [5.41, 5.74) is 10.4. The molecule has 10 nitrogen and oxygen atoms in total. The molecule has 2 aromatic carbocycles. The molecule has 6 rings (SSSR count). The summed E-state index contributed by atoms with van der Waals surface area (Å²) >= 11 is 0. The van der Waals surface area contributed by atoms with E-state index in [1.165, 1.54) is 11.0 Å². The van der Waals surface area contributed by atoms with Crippen LogP contribution in [-0.4, -0.2) is 49.5 Å². The summed E-state index contributed by atoms with van der Waals surface area (Å²) in [6, 6.07) is 8.75. The molecule has 0 spiro atoms. The van der Waals surface area contributed by atoms with Crippen LogP contribution in [0.15, 0.2) is 54.4 Å². The number of nitrogens with two attached hydrogens (primary N) is 1. The van der Waals surface area contributed by atoms with Crippen LogP contribution in [0.25, 0.3) is 22.2 Å². The van der Waals surface area contributed by atoms with Crippen LogP contribution in [0.3, 0.4) is 0 Å². The molecule has 4 aromatic rings. The Hall–Kier alpha value is -4.78. The van der Waals surface area contributed by atoms with Crippen molar-refractivity contribution < 1.29 is 27.3 Å². The average molecular weight is 663 g/mol. The molecule has 2 aliphatic rings. The van der Waals surface area contributed by atoms with E-state index in [1.54, 1.807) is 30.7 Å². The van der Waals surface area contributed by atoms with Crippen LogP contribution < -0.4 is 20.1 Å². The summed E-state index contributed by atoms with van der Waals surface area (Å²) in [5.74, 6) is 1.50. The van der Waals surface area contributed by atoms with Crippen molar-refractivity contribution in [2.45, 2.75) is 46.2 Å². The molecule has 1 aliphatic heterocycles. The zero-order valence-corrected chi connectivity index (χ0v) is 27.2. The molecule has 0 radical (unpaired) electrons. The summed E-state index contributed by atoms with van der Waals surface area (Å²) in [5, 5.41) is 5.32.